The first-order valence-corrected chi connectivity index (χ1v) is 9.55. The van der Waals surface area contributed by atoms with Crippen LogP contribution in [0.5, 0.6) is 0 Å². The molecule has 0 bridgehead atoms. The molecule has 0 N–H and O–H groups in total. The van der Waals surface area contributed by atoms with Crippen LogP contribution in [0.3, 0.4) is 0 Å². The van der Waals surface area contributed by atoms with Crippen LogP contribution in [0, 0.1) is 0 Å². The van der Waals surface area contributed by atoms with E-state index in [1.165, 1.54) is 15.6 Å². The van der Waals surface area contributed by atoms with Gasteiger partial charge in [-0.05, 0) is 11.1 Å². The summed E-state index contributed by atoms with van der Waals surface area (Å²) in [7, 11) is -1.44. The molecule has 3 aromatic carbocycles. The van der Waals surface area contributed by atoms with E-state index in [4.69, 9.17) is 0 Å². The lowest BCUT2D eigenvalue weighted by Gasteiger charge is -2.17. The van der Waals surface area contributed by atoms with Gasteiger partial charge in [0.25, 0.3) is 0 Å². The summed E-state index contributed by atoms with van der Waals surface area (Å²) in [5, 5.41) is 4.28. The fourth-order valence-corrected chi connectivity index (χ4v) is 5.79. The van der Waals surface area contributed by atoms with E-state index in [9.17, 15) is 0 Å². The first-order chi connectivity index (χ1) is 11.3. The highest BCUT2D eigenvalue weighted by atomic mass is 28.3. The van der Waals surface area contributed by atoms with Crippen molar-refractivity contribution in [2.45, 2.75) is 0 Å². The molecule has 0 spiro atoms. The molecule has 0 radical (unpaired) electrons. The molecule has 3 aromatic rings. The Hall–Kier alpha value is -2.64. The van der Waals surface area contributed by atoms with Crippen LogP contribution < -0.4 is 15.6 Å². The molecule has 0 atom stereocenters. The number of hydrogen-bond donors (Lipinski definition) is 0. The highest BCUT2D eigenvalue weighted by Gasteiger charge is 2.18. The zero-order valence-electron chi connectivity index (χ0n) is 13.2. The second kappa shape index (κ2) is 7.08. The smallest absolute Gasteiger partial charge is 0.0985 e. The van der Waals surface area contributed by atoms with E-state index < -0.39 is 8.80 Å². The summed E-state index contributed by atoms with van der Waals surface area (Å²) in [5.74, 6) is 0. The van der Waals surface area contributed by atoms with Crippen LogP contribution in [-0.2, 0) is 0 Å². The van der Waals surface area contributed by atoms with Crippen molar-refractivity contribution in [1.29, 1.82) is 0 Å². The summed E-state index contributed by atoms with van der Waals surface area (Å²) in [6.45, 7) is 7.69. The molecule has 112 valence electrons. The minimum Gasteiger partial charge on any atom is -0.0985 e. The monoisotopic (exact) mass is 312 g/mol. The lowest BCUT2D eigenvalue weighted by Crippen LogP contribution is -2.51. The van der Waals surface area contributed by atoms with Gasteiger partial charge in [-0.25, -0.2) is 0 Å². The molecule has 0 saturated heterocycles. The van der Waals surface area contributed by atoms with Gasteiger partial charge in [-0.15, -0.1) is 0 Å². The van der Waals surface area contributed by atoms with Crippen molar-refractivity contribution in [2.75, 3.05) is 0 Å². The van der Waals surface area contributed by atoms with Gasteiger partial charge in [0.1, 0.15) is 8.80 Å². The molecule has 0 heterocycles. The lowest BCUT2D eigenvalue weighted by atomic mass is 10.2. The fraction of sp³-hybridized carbons (Fsp3) is 0. The summed E-state index contributed by atoms with van der Waals surface area (Å²) in [5.41, 5.74) is 2.33. The Morgan fingerprint density at radius 3 is 1.30 bits per heavy atom. The molecule has 0 nitrogen and oxygen atoms in total. The van der Waals surface area contributed by atoms with E-state index in [-0.39, 0.29) is 0 Å². The molecule has 0 aliphatic carbocycles. The predicted octanol–water partition coefficient (Wildman–Crippen LogP) is 3.22. The normalized spacial score (nSPS) is 10.5. The molecule has 0 aliphatic rings. The Kier molecular flexibility index (Phi) is 4.70. The van der Waals surface area contributed by atoms with Crippen molar-refractivity contribution >= 4 is 36.5 Å². The maximum Gasteiger partial charge on any atom is 0.132 e. The standard InChI is InChI=1S/C22H20Si/c1-3-18-10-14-21(15-11-18)23(20-8-6-5-7-9-20)22-16-12-19(4-2)13-17-22/h3-17,23H,1-2H2. The van der Waals surface area contributed by atoms with Crippen LogP contribution in [0.4, 0.5) is 0 Å². The largest absolute Gasteiger partial charge is 0.132 e. The van der Waals surface area contributed by atoms with Crippen molar-refractivity contribution in [3.63, 3.8) is 0 Å². The van der Waals surface area contributed by atoms with Crippen LogP contribution in [0.25, 0.3) is 12.2 Å². The summed E-state index contributed by atoms with van der Waals surface area (Å²) in [4.78, 5) is 0. The second-order valence-electron chi connectivity index (χ2n) is 5.59. The summed E-state index contributed by atoms with van der Waals surface area (Å²) in [6.07, 6.45) is 3.78. The third-order valence-electron chi connectivity index (χ3n) is 4.14. The minimum atomic E-state index is -1.44. The van der Waals surface area contributed by atoms with E-state index in [1.54, 1.807) is 0 Å². The van der Waals surface area contributed by atoms with Crippen LogP contribution in [0.2, 0.25) is 0 Å². The Labute approximate surface area is 140 Å². The molecule has 0 saturated carbocycles. The average molecular weight is 312 g/mol. The van der Waals surface area contributed by atoms with E-state index >= 15 is 0 Å². The maximum atomic E-state index is 3.84. The van der Waals surface area contributed by atoms with Crippen molar-refractivity contribution in [3.8, 4) is 0 Å². The molecule has 0 fully saturated rings. The van der Waals surface area contributed by atoms with Gasteiger partial charge in [0.05, 0.1) is 0 Å². The Bertz CT molecular complexity index is 732. The molecule has 3 rings (SSSR count). The van der Waals surface area contributed by atoms with Gasteiger partial charge in [-0.1, -0.05) is 120 Å². The SMILES string of the molecule is C=Cc1ccc([SiH](c2ccccc2)c2ccc(C=C)cc2)cc1. The highest BCUT2D eigenvalue weighted by Crippen LogP contribution is 2.03. The van der Waals surface area contributed by atoms with Gasteiger partial charge in [0, 0.05) is 0 Å². The summed E-state index contributed by atoms with van der Waals surface area (Å²) < 4.78 is 0. The van der Waals surface area contributed by atoms with E-state index in [1.807, 2.05) is 12.2 Å². The number of hydrogen-bond acceptors (Lipinski definition) is 0. The van der Waals surface area contributed by atoms with Gasteiger partial charge in [-0.2, -0.15) is 0 Å². The molecular formula is C22H20Si. The molecule has 0 unspecified atom stereocenters. The minimum absolute atomic E-state index is 1.16. The molecule has 23 heavy (non-hydrogen) atoms. The van der Waals surface area contributed by atoms with Gasteiger partial charge < -0.3 is 0 Å². The lowest BCUT2D eigenvalue weighted by molar-refractivity contribution is 1.67. The van der Waals surface area contributed by atoms with Crippen molar-refractivity contribution < 1.29 is 0 Å². The zero-order chi connectivity index (χ0) is 16.1. The molecule has 0 aliphatic heterocycles. The van der Waals surface area contributed by atoms with Gasteiger partial charge in [-0.3, -0.25) is 0 Å². The van der Waals surface area contributed by atoms with Crippen molar-refractivity contribution in [3.05, 3.63) is 103 Å². The van der Waals surface area contributed by atoms with Crippen LogP contribution >= 0.6 is 0 Å². The second-order valence-corrected chi connectivity index (χ2v) is 8.45. The Balaban J connectivity index is 2.08. The Morgan fingerprint density at radius 2 is 0.913 bits per heavy atom. The topological polar surface area (TPSA) is 0 Å². The van der Waals surface area contributed by atoms with Gasteiger partial charge in [0.15, 0.2) is 0 Å². The van der Waals surface area contributed by atoms with E-state index in [0.29, 0.717) is 0 Å². The predicted molar refractivity (Wildman–Crippen MR) is 106 cm³/mol. The number of rotatable bonds is 5. The average Bonchev–Trinajstić information content (AvgIpc) is 2.64. The fourth-order valence-electron chi connectivity index (χ4n) is 2.87. The summed E-state index contributed by atoms with van der Waals surface area (Å²) in [6, 6.07) is 28.5. The van der Waals surface area contributed by atoms with Crippen molar-refractivity contribution in [1.82, 2.24) is 0 Å². The van der Waals surface area contributed by atoms with Crippen molar-refractivity contribution in [2.24, 2.45) is 0 Å². The van der Waals surface area contributed by atoms with Gasteiger partial charge in [0.2, 0.25) is 0 Å². The quantitative estimate of drug-likeness (QED) is 0.501. The molecule has 1 heteroatoms. The van der Waals surface area contributed by atoms with Crippen LogP contribution in [0.1, 0.15) is 11.1 Å². The Morgan fingerprint density at radius 1 is 0.522 bits per heavy atom. The third-order valence-corrected chi connectivity index (χ3v) is 7.30. The third kappa shape index (κ3) is 3.41. The number of benzene rings is 3. The maximum absolute atomic E-state index is 3.84. The van der Waals surface area contributed by atoms with Gasteiger partial charge >= 0.3 is 0 Å². The molecule has 0 amide bonds. The van der Waals surface area contributed by atoms with Crippen LogP contribution in [-0.4, -0.2) is 8.80 Å². The van der Waals surface area contributed by atoms with E-state index in [0.717, 1.165) is 11.1 Å². The first-order valence-electron chi connectivity index (χ1n) is 7.81. The zero-order valence-corrected chi connectivity index (χ0v) is 14.3. The highest BCUT2D eigenvalue weighted by molar-refractivity contribution is 6.95. The van der Waals surface area contributed by atoms with Crippen LogP contribution in [0.15, 0.2) is 92.0 Å². The van der Waals surface area contributed by atoms with E-state index in [2.05, 4.69) is 92.0 Å². The first kappa shape index (κ1) is 15.3. The molecule has 0 aromatic heterocycles. The molecular weight excluding hydrogens is 292 g/mol. The summed E-state index contributed by atoms with van der Waals surface area (Å²) >= 11 is 0.